The summed E-state index contributed by atoms with van der Waals surface area (Å²) in [6, 6.07) is 20.5. The smallest absolute Gasteiger partial charge is 0.352 e. The maximum atomic E-state index is 13.0. The summed E-state index contributed by atoms with van der Waals surface area (Å²) in [5.74, 6) is -0.0435. The Morgan fingerprint density at radius 1 is 0.933 bits per heavy atom. The van der Waals surface area contributed by atoms with Gasteiger partial charge in [-0.15, -0.1) is 0 Å². The molecule has 3 aromatic carbocycles. The fourth-order valence-electron chi connectivity index (χ4n) is 6.98. The molecule has 0 radical (unpaired) electrons. The number of aromatic carboxylic acids is 1. The van der Waals surface area contributed by atoms with E-state index in [9.17, 15) is 9.90 Å². The Morgan fingerprint density at radius 3 is 2.60 bits per heavy atom. The highest BCUT2D eigenvalue weighted by molar-refractivity contribution is 6.04. The molecule has 1 N–H and O–H groups in total. The van der Waals surface area contributed by atoms with Crippen LogP contribution in [0.5, 0.6) is 5.75 Å². The molecule has 0 bridgehead atoms. The topological polar surface area (TPSA) is 91.0 Å². The number of carbonyl (C=O) groups is 1. The van der Waals surface area contributed by atoms with Gasteiger partial charge < -0.3 is 23.9 Å². The second kappa shape index (κ2) is 13.0. The Labute approximate surface area is 262 Å². The molecule has 0 aliphatic carbocycles. The highest BCUT2D eigenvalue weighted by Gasteiger charge is 2.28. The summed E-state index contributed by atoms with van der Waals surface area (Å²) >= 11 is 0. The van der Waals surface area contributed by atoms with Gasteiger partial charge in [-0.05, 0) is 42.7 Å². The fraction of sp³-hybridized carbons (Fsp3) is 0.389. The van der Waals surface area contributed by atoms with E-state index >= 15 is 0 Å². The summed E-state index contributed by atoms with van der Waals surface area (Å²) in [7, 11) is 1.98. The average Bonchev–Trinajstić information content (AvgIpc) is 3.53. The molecular formula is C36H40N4O5. The average molecular weight is 609 g/mol. The van der Waals surface area contributed by atoms with Crippen molar-refractivity contribution in [3.05, 3.63) is 83.3 Å². The van der Waals surface area contributed by atoms with Gasteiger partial charge in [0, 0.05) is 61.7 Å². The van der Waals surface area contributed by atoms with E-state index in [2.05, 4.69) is 45.9 Å². The van der Waals surface area contributed by atoms with Crippen LogP contribution in [-0.2, 0) is 42.6 Å². The molecule has 234 valence electrons. The van der Waals surface area contributed by atoms with E-state index in [1.807, 2.05) is 36.0 Å². The fourth-order valence-corrected chi connectivity index (χ4v) is 6.98. The lowest BCUT2D eigenvalue weighted by Gasteiger charge is -2.26. The molecule has 0 saturated carbocycles. The Kier molecular flexibility index (Phi) is 8.56. The van der Waals surface area contributed by atoms with Crippen molar-refractivity contribution in [2.75, 3.05) is 39.5 Å². The number of benzene rings is 3. The lowest BCUT2D eigenvalue weighted by Crippen LogP contribution is -2.35. The molecule has 0 atom stereocenters. The van der Waals surface area contributed by atoms with Gasteiger partial charge in [-0.1, -0.05) is 54.6 Å². The summed E-state index contributed by atoms with van der Waals surface area (Å²) in [5, 5.41) is 18.9. The summed E-state index contributed by atoms with van der Waals surface area (Å²) in [5.41, 5.74) is 6.29. The minimum absolute atomic E-state index is 0.378. The van der Waals surface area contributed by atoms with Gasteiger partial charge in [0.2, 0.25) is 0 Å². The summed E-state index contributed by atoms with van der Waals surface area (Å²) < 4.78 is 22.0. The van der Waals surface area contributed by atoms with E-state index in [0.29, 0.717) is 64.7 Å². The van der Waals surface area contributed by atoms with Crippen LogP contribution in [0.1, 0.15) is 46.7 Å². The van der Waals surface area contributed by atoms with Gasteiger partial charge in [-0.3, -0.25) is 9.58 Å². The van der Waals surface area contributed by atoms with E-state index in [-0.39, 0.29) is 0 Å². The van der Waals surface area contributed by atoms with Gasteiger partial charge in [0.05, 0.1) is 43.3 Å². The third-order valence-corrected chi connectivity index (χ3v) is 9.11. The molecule has 9 nitrogen and oxygen atoms in total. The first-order chi connectivity index (χ1) is 22.1. The molecule has 1 saturated heterocycles. The van der Waals surface area contributed by atoms with Crippen molar-refractivity contribution in [3.63, 3.8) is 0 Å². The van der Waals surface area contributed by atoms with E-state index in [4.69, 9.17) is 19.3 Å². The number of hydrogen-bond acceptors (Lipinski definition) is 6. The van der Waals surface area contributed by atoms with E-state index in [1.165, 1.54) is 0 Å². The standard InChI is InChI=1S/C36H40N4O5/c1-38-31-24-44-19-5-4-16-40-34-27(12-7-13-29(34)33(31)30(37-38)23-39-17-21-43-22-18-39)28(35(40)36(41)42)14-8-20-45-32-15-6-10-25-9-2-3-11-26(25)32/h2-3,6-7,9-13,15H,4-5,8,14,16-24H2,1H3,(H,41,42). The normalized spacial score (nSPS) is 16.0. The molecular weight excluding hydrogens is 568 g/mol. The highest BCUT2D eigenvalue weighted by atomic mass is 16.5. The second-order valence-corrected chi connectivity index (χ2v) is 12.0. The minimum atomic E-state index is -0.895. The van der Waals surface area contributed by atoms with Gasteiger partial charge in [-0.25, -0.2) is 4.79 Å². The first-order valence-corrected chi connectivity index (χ1v) is 16.0. The molecule has 0 unspecified atom stereocenters. The van der Waals surface area contributed by atoms with Crippen LogP contribution in [0.15, 0.2) is 60.7 Å². The number of aromatic nitrogens is 3. The van der Waals surface area contributed by atoms with Gasteiger partial charge in [-0.2, -0.15) is 5.10 Å². The Balaban J connectivity index is 1.28. The van der Waals surface area contributed by atoms with Crippen LogP contribution in [0.25, 0.3) is 32.8 Å². The summed E-state index contributed by atoms with van der Waals surface area (Å²) in [6.07, 6.45) is 2.98. The number of nitrogens with zero attached hydrogens (tertiary/aromatic N) is 4. The Morgan fingerprint density at radius 2 is 1.73 bits per heavy atom. The van der Waals surface area contributed by atoms with Crippen molar-refractivity contribution >= 4 is 27.6 Å². The molecule has 2 aliphatic rings. The molecule has 0 spiro atoms. The Hall–Kier alpha value is -4.18. The lowest BCUT2D eigenvalue weighted by molar-refractivity contribution is 0.0336. The van der Waals surface area contributed by atoms with E-state index in [0.717, 1.165) is 81.4 Å². The first kappa shape index (κ1) is 29.5. The van der Waals surface area contributed by atoms with E-state index < -0.39 is 5.97 Å². The van der Waals surface area contributed by atoms with Crippen molar-refractivity contribution in [3.8, 4) is 16.9 Å². The molecule has 4 heterocycles. The predicted molar refractivity (Wildman–Crippen MR) is 174 cm³/mol. The molecule has 45 heavy (non-hydrogen) atoms. The molecule has 1 fully saturated rings. The van der Waals surface area contributed by atoms with Crippen LogP contribution < -0.4 is 4.74 Å². The number of rotatable bonds is 8. The van der Waals surface area contributed by atoms with Crippen molar-refractivity contribution in [1.29, 1.82) is 0 Å². The van der Waals surface area contributed by atoms with Crippen LogP contribution in [0.2, 0.25) is 0 Å². The zero-order chi connectivity index (χ0) is 30.8. The van der Waals surface area contributed by atoms with Crippen molar-refractivity contribution < 1.29 is 24.1 Å². The number of fused-ring (bicyclic) bond motifs is 3. The number of carboxylic acids is 1. The van der Waals surface area contributed by atoms with Crippen molar-refractivity contribution in [2.45, 2.75) is 45.4 Å². The molecule has 7 rings (SSSR count). The predicted octanol–water partition coefficient (Wildman–Crippen LogP) is 6.05. The minimum Gasteiger partial charge on any atom is -0.493 e. The highest BCUT2D eigenvalue weighted by Crippen LogP contribution is 2.39. The number of para-hydroxylation sites is 1. The number of morpholine rings is 1. The monoisotopic (exact) mass is 608 g/mol. The van der Waals surface area contributed by atoms with Gasteiger partial charge in [0.15, 0.2) is 0 Å². The Bertz CT molecular complexity index is 1830. The lowest BCUT2D eigenvalue weighted by atomic mass is 9.97. The van der Waals surface area contributed by atoms with Crippen LogP contribution in [0.4, 0.5) is 0 Å². The number of ether oxygens (including phenoxy) is 3. The van der Waals surface area contributed by atoms with E-state index in [1.54, 1.807) is 0 Å². The third kappa shape index (κ3) is 5.83. The number of carboxylic acid groups (broad SMARTS) is 1. The largest absolute Gasteiger partial charge is 0.493 e. The van der Waals surface area contributed by atoms with Crippen LogP contribution in [0, 0.1) is 0 Å². The summed E-state index contributed by atoms with van der Waals surface area (Å²) in [6.45, 7) is 6.03. The van der Waals surface area contributed by atoms with Gasteiger partial charge >= 0.3 is 5.97 Å². The molecule has 2 aliphatic heterocycles. The van der Waals surface area contributed by atoms with Crippen molar-refractivity contribution in [2.24, 2.45) is 7.05 Å². The first-order valence-electron chi connectivity index (χ1n) is 16.0. The quantitative estimate of drug-likeness (QED) is 0.215. The zero-order valence-corrected chi connectivity index (χ0v) is 25.8. The molecule has 2 aromatic heterocycles. The summed E-state index contributed by atoms with van der Waals surface area (Å²) in [4.78, 5) is 15.4. The molecule has 9 heteroatoms. The van der Waals surface area contributed by atoms with Crippen LogP contribution in [-0.4, -0.2) is 69.8 Å². The number of aryl methyl sites for hydroxylation is 3. The van der Waals surface area contributed by atoms with Crippen LogP contribution >= 0.6 is 0 Å². The SMILES string of the molecule is Cn1nc(CN2CCOCC2)c2c1COCCCCn1c(C(=O)O)c(CCCOc3cccc4ccccc34)c3cccc-2c31. The maximum absolute atomic E-state index is 13.0. The third-order valence-electron chi connectivity index (χ3n) is 9.11. The van der Waals surface area contributed by atoms with Gasteiger partial charge in [0.25, 0.3) is 0 Å². The molecule has 0 amide bonds. The zero-order valence-electron chi connectivity index (χ0n) is 25.8. The number of hydrogen-bond donors (Lipinski definition) is 1. The maximum Gasteiger partial charge on any atom is 0.352 e. The van der Waals surface area contributed by atoms with Crippen molar-refractivity contribution in [1.82, 2.24) is 19.2 Å². The molecule has 5 aromatic rings. The second-order valence-electron chi connectivity index (χ2n) is 12.0. The van der Waals surface area contributed by atoms with Crippen LogP contribution in [0.3, 0.4) is 0 Å². The van der Waals surface area contributed by atoms with Gasteiger partial charge in [0.1, 0.15) is 11.4 Å².